The fraction of sp³-hybridized carbons (Fsp3) is 0.542. The van der Waals surface area contributed by atoms with Gasteiger partial charge in [0.2, 0.25) is 5.95 Å². The van der Waals surface area contributed by atoms with Crippen LogP contribution in [0.3, 0.4) is 0 Å². The van der Waals surface area contributed by atoms with Crippen LogP contribution in [-0.2, 0) is 0 Å². The summed E-state index contributed by atoms with van der Waals surface area (Å²) in [5, 5.41) is 3.19. The van der Waals surface area contributed by atoms with Crippen molar-refractivity contribution in [2.24, 2.45) is 5.92 Å². The van der Waals surface area contributed by atoms with E-state index in [1.807, 2.05) is 6.92 Å². The molecule has 2 fully saturated rings. The standard InChI is InChI=1S/C24H32N6O/c1-2-25-24-26-15-21-22(27-24)30-12-6-9-20(30)17-29(23(21)31)16-18-10-13-28(14-11-18)19-7-4-3-5-8-19/h3-5,7-8,15,18,20H,2,6,9-14,16-17H2,1H3,(H,25,26,27)/t20-/m0/s1. The molecule has 3 aliphatic rings. The van der Waals surface area contributed by atoms with Crippen molar-refractivity contribution >= 4 is 23.4 Å². The second-order valence-corrected chi connectivity index (χ2v) is 8.93. The van der Waals surface area contributed by atoms with Gasteiger partial charge in [0.25, 0.3) is 5.91 Å². The Balaban J connectivity index is 1.31. The molecule has 2 saturated heterocycles. The summed E-state index contributed by atoms with van der Waals surface area (Å²) in [5.74, 6) is 2.07. The van der Waals surface area contributed by atoms with E-state index in [1.54, 1.807) is 6.20 Å². The highest BCUT2D eigenvalue weighted by Crippen LogP contribution is 2.33. The van der Waals surface area contributed by atoms with E-state index in [-0.39, 0.29) is 5.91 Å². The van der Waals surface area contributed by atoms with Gasteiger partial charge in [-0.3, -0.25) is 4.79 Å². The van der Waals surface area contributed by atoms with Gasteiger partial charge >= 0.3 is 0 Å². The maximum Gasteiger partial charge on any atom is 0.259 e. The molecular weight excluding hydrogens is 388 g/mol. The van der Waals surface area contributed by atoms with Crippen LogP contribution >= 0.6 is 0 Å². The van der Waals surface area contributed by atoms with E-state index in [0.717, 1.165) is 70.8 Å². The Morgan fingerprint density at radius 3 is 2.68 bits per heavy atom. The zero-order valence-electron chi connectivity index (χ0n) is 18.3. The van der Waals surface area contributed by atoms with Gasteiger partial charge in [0, 0.05) is 57.2 Å². The van der Waals surface area contributed by atoms with Crippen LogP contribution in [0.2, 0.25) is 0 Å². The van der Waals surface area contributed by atoms with Crippen LogP contribution in [0.25, 0.3) is 0 Å². The van der Waals surface area contributed by atoms with E-state index in [0.29, 0.717) is 23.5 Å². The SMILES string of the molecule is CCNc1ncc2c(n1)N1CCC[C@H]1CN(CC1CCN(c3ccccc3)CC1)C2=O. The third-order valence-corrected chi connectivity index (χ3v) is 6.92. The first kappa shape index (κ1) is 20.1. The van der Waals surface area contributed by atoms with Gasteiger partial charge in [0.1, 0.15) is 11.4 Å². The number of para-hydroxylation sites is 1. The summed E-state index contributed by atoms with van der Waals surface area (Å²) in [6, 6.07) is 11.0. The molecule has 1 N–H and O–H groups in total. The van der Waals surface area contributed by atoms with E-state index in [9.17, 15) is 4.79 Å². The predicted octanol–water partition coefficient (Wildman–Crippen LogP) is 3.25. The number of amides is 1. The number of aromatic nitrogens is 2. The van der Waals surface area contributed by atoms with Crippen molar-refractivity contribution in [3.05, 3.63) is 42.1 Å². The van der Waals surface area contributed by atoms with Crippen LogP contribution in [0.15, 0.2) is 36.5 Å². The minimum atomic E-state index is 0.0953. The Hall–Kier alpha value is -2.83. The number of anilines is 3. The third kappa shape index (κ3) is 4.05. The Morgan fingerprint density at radius 1 is 1.10 bits per heavy atom. The number of carbonyl (C=O) groups excluding carboxylic acids is 1. The number of fused-ring (bicyclic) bond motifs is 3. The first-order chi connectivity index (χ1) is 15.2. The molecule has 0 saturated carbocycles. The molecule has 0 aliphatic carbocycles. The highest BCUT2D eigenvalue weighted by molar-refractivity contribution is 5.99. The van der Waals surface area contributed by atoms with Crippen molar-refractivity contribution in [2.75, 3.05) is 54.4 Å². The van der Waals surface area contributed by atoms with Crippen LogP contribution in [0.1, 0.15) is 43.0 Å². The number of nitrogens with one attached hydrogen (secondary N) is 1. The Morgan fingerprint density at radius 2 is 1.90 bits per heavy atom. The van der Waals surface area contributed by atoms with E-state index < -0.39 is 0 Å². The molecular formula is C24H32N6O. The highest BCUT2D eigenvalue weighted by Gasteiger charge is 2.37. The van der Waals surface area contributed by atoms with Crippen molar-refractivity contribution in [3.63, 3.8) is 0 Å². The molecule has 0 bridgehead atoms. The summed E-state index contributed by atoms with van der Waals surface area (Å²) >= 11 is 0. The molecule has 4 heterocycles. The number of nitrogens with zero attached hydrogens (tertiary/aromatic N) is 5. The lowest BCUT2D eigenvalue weighted by Crippen LogP contribution is -2.44. The van der Waals surface area contributed by atoms with E-state index >= 15 is 0 Å². The van der Waals surface area contributed by atoms with Crippen LogP contribution in [-0.4, -0.2) is 66.1 Å². The lowest BCUT2D eigenvalue weighted by molar-refractivity contribution is 0.0716. The number of benzene rings is 1. The van der Waals surface area contributed by atoms with Crippen molar-refractivity contribution in [2.45, 2.75) is 38.6 Å². The third-order valence-electron chi connectivity index (χ3n) is 6.92. The molecule has 0 unspecified atom stereocenters. The molecule has 1 aromatic carbocycles. The first-order valence-corrected chi connectivity index (χ1v) is 11.7. The van der Waals surface area contributed by atoms with Crippen LogP contribution in [0.5, 0.6) is 0 Å². The summed E-state index contributed by atoms with van der Waals surface area (Å²) in [5.41, 5.74) is 1.96. The Labute approximate surface area is 184 Å². The zero-order valence-corrected chi connectivity index (χ0v) is 18.3. The second kappa shape index (κ2) is 8.73. The van der Waals surface area contributed by atoms with Gasteiger partial charge in [-0.25, -0.2) is 4.98 Å². The minimum Gasteiger partial charge on any atom is -0.372 e. The molecule has 2 aromatic rings. The van der Waals surface area contributed by atoms with Gasteiger partial charge in [-0.15, -0.1) is 0 Å². The van der Waals surface area contributed by atoms with Crippen molar-refractivity contribution in [3.8, 4) is 0 Å². The van der Waals surface area contributed by atoms with Gasteiger partial charge < -0.3 is 20.0 Å². The number of piperidine rings is 1. The predicted molar refractivity (Wildman–Crippen MR) is 124 cm³/mol. The molecule has 5 rings (SSSR count). The average Bonchev–Trinajstić information content (AvgIpc) is 3.24. The lowest BCUT2D eigenvalue weighted by atomic mass is 9.95. The molecule has 3 aliphatic heterocycles. The fourth-order valence-electron chi connectivity index (χ4n) is 5.28. The van der Waals surface area contributed by atoms with Crippen LogP contribution in [0.4, 0.5) is 17.5 Å². The maximum atomic E-state index is 13.5. The van der Waals surface area contributed by atoms with Crippen molar-refractivity contribution in [1.82, 2.24) is 14.9 Å². The fourth-order valence-corrected chi connectivity index (χ4v) is 5.28. The molecule has 1 amide bonds. The van der Waals surface area contributed by atoms with Crippen molar-refractivity contribution in [1.29, 1.82) is 0 Å². The quantitative estimate of drug-likeness (QED) is 0.801. The first-order valence-electron chi connectivity index (χ1n) is 11.7. The van der Waals surface area contributed by atoms with Crippen molar-refractivity contribution < 1.29 is 4.79 Å². The van der Waals surface area contributed by atoms with Gasteiger partial charge in [-0.1, -0.05) is 18.2 Å². The normalized spacial score (nSPS) is 21.6. The number of carbonyl (C=O) groups is 1. The molecule has 7 heteroatoms. The summed E-state index contributed by atoms with van der Waals surface area (Å²) < 4.78 is 0. The van der Waals surface area contributed by atoms with E-state index in [4.69, 9.17) is 4.98 Å². The second-order valence-electron chi connectivity index (χ2n) is 8.93. The summed E-state index contributed by atoms with van der Waals surface area (Å²) in [4.78, 5) is 29.5. The number of hydrogen-bond donors (Lipinski definition) is 1. The molecule has 0 radical (unpaired) electrons. The number of hydrogen-bond acceptors (Lipinski definition) is 6. The molecule has 31 heavy (non-hydrogen) atoms. The molecule has 0 spiro atoms. The smallest absolute Gasteiger partial charge is 0.259 e. The van der Waals surface area contributed by atoms with E-state index in [1.165, 1.54) is 5.69 Å². The topological polar surface area (TPSA) is 64.6 Å². The Kier molecular flexibility index (Phi) is 5.66. The van der Waals surface area contributed by atoms with Gasteiger partial charge in [-0.05, 0) is 50.7 Å². The average molecular weight is 421 g/mol. The summed E-state index contributed by atoms with van der Waals surface area (Å²) in [6.45, 7) is 7.51. The minimum absolute atomic E-state index is 0.0953. The maximum absolute atomic E-state index is 13.5. The summed E-state index contributed by atoms with van der Waals surface area (Å²) in [7, 11) is 0. The Bertz CT molecular complexity index is 912. The summed E-state index contributed by atoms with van der Waals surface area (Å²) in [6.07, 6.45) is 6.25. The molecule has 7 nitrogen and oxygen atoms in total. The lowest BCUT2D eigenvalue weighted by Gasteiger charge is -2.36. The van der Waals surface area contributed by atoms with Crippen LogP contribution in [0, 0.1) is 5.92 Å². The van der Waals surface area contributed by atoms with Crippen LogP contribution < -0.4 is 15.1 Å². The van der Waals surface area contributed by atoms with Gasteiger partial charge in [0.05, 0.1) is 0 Å². The monoisotopic (exact) mass is 420 g/mol. The molecule has 1 aromatic heterocycles. The zero-order chi connectivity index (χ0) is 21.2. The molecule has 1 atom stereocenters. The van der Waals surface area contributed by atoms with Gasteiger partial charge in [-0.2, -0.15) is 4.98 Å². The highest BCUT2D eigenvalue weighted by atomic mass is 16.2. The van der Waals surface area contributed by atoms with Gasteiger partial charge in [0.15, 0.2) is 0 Å². The largest absolute Gasteiger partial charge is 0.372 e. The van der Waals surface area contributed by atoms with E-state index in [2.05, 4.69) is 55.3 Å². The molecule has 164 valence electrons. The number of rotatable bonds is 5.